The SMILES string of the molecule is CC(CO)C(C)NC(=O)Nc1cccn(CC(F)(F)F)c1=O. The fraction of sp³-hybridized carbons (Fsp3) is 0.538. The molecule has 9 heteroatoms. The lowest BCUT2D eigenvalue weighted by atomic mass is 10.1. The third kappa shape index (κ3) is 5.40. The summed E-state index contributed by atoms with van der Waals surface area (Å²) in [4.78, 5) is 23.6. The number of aliphatic hydroxyl groups is 1. The number of carbonyl (C=O) groups excluding carboxylic acids is 1. The van der Waals surface area contributed by atoms with Crippen molar-refractivity contribution in [2.75, 3.05) is 11.9 Å². The lowest BCUT2D eigenvalue weighted by Gasteiger charge is -2.19. The van der Waals surface area contributed by atoms with Crippen LogP contribution in [0.1, 0.15) is 13.8 Å². The second kappa shape index (κ2) is 7.30. The van der Waals surface area contributed by atoms with Crippen molar-refractivity contribution in [1.82, 2.24) is 9.88 Å². The van der Waals surface area contributed by atoms with Gasteiger partial charge in [0.2, 0.25) is 0 Å². The van der Waals surface area contributed by atoms with Crippen molar-refractivity contribution in [2.45, 2.75) is 32.6 Å². The van der Waals surface area contributed by atoms with Crippen LogP contribution in [0, 0.1) is 5.92 Å². The topological polar surface area (TPSA) is 83.4 Å². The first-order valence-electron chi connectivity index (χ1n) is 6.58. The summed E-state index contributed by atoms with van der Waals surface area (Å²) in [7, 11) is 0. The van der Waals surface area contributed by atoms with Crippen molar-refractivity contribution in [3.8, 4) is 0 Å². The highest BCUT2D eigenvalue weighted by molar-refractivity contribution is 5.89. The molecule has 1 aromatic heterocycles. The molecule has 0 aliphatic rings. The molecule has 1 aromatic rings. The van der Waals surface area contributed by atoms with E-state index >= 15 is 0 Å². The summed E-state index contributed by atoms with van der Waals surface area (Å²) in [6.07, 6.45) is -3.54. The maximum Gasteiger partial charge on any atom is 0.406 e. The van der Waals surface area contributed by atoms with Crippen LogP contribution >= 0.6 is 0 Å². The van der Waals surface area contributed by atoms with Crippen LogP contribution in [0.4, 0.5) is 23.7 Å². The molecule has 6 nitrogen and oxygen atoms in total. The number of pyridine rings is 1. The number of anilines is 1. The van der Waals surface area contributed by atoms with Gasteiger partial charge in [0.25, 0.3) is 5.56 Å². The number of amides is 2. The minimum atomic E-state index is -4.53. The minimum absolute atomic E-state index is 0.134. The van der Waals surface area contributed by atoms with Gasteiger partial charge in [0, 0.05) is 18.8 Å². The quantitative estimate of drug-likeness (QED) is 0.769. The third-order valence-corrected chi connectivity index (χ3v) is 3.12. The van der Waals surface area contributed by atoms with Gasteiger partial charge in [0.15, 0.2) is 0 Å². The van der Waals surface area contributed by atoms with Crippen molar-refractivity contribution < 1.29 is 23.1 Å². The largest absolute Gasteiger partial charge is 0.406 e. The number of nitrogens with one attached hydrogen (secondary N) is 2. The Kier molecular flexibility index (Phi) is 5.98. The standard InChI is InChI=1S/C13H18F3N3O3/c1-8(6-20)9(2)17-12(22)18-10-4-3-5-19(11(10)21)7-13(14,15)16/h3-5,8-9,20H,6-7H2,1-2H3,(H2,17,18,22). The van der Waals surface area contributed by atoms with E-state index in [-0.39, 0.29) is 24.3 Å². The second-order valence-corrected chi connectivity index (χ2v) is 5.02. The second-order valence-electron chi connectivity index (χ2n) is 5.02. The first kappa shape index (κ1) is 18.0. The summed E-state index contributed by atoms with van der Waals surface area (Å²) in [5.41, 5.74) is -1.20. The molecule has 0 aliphatic carbocycles. The van der Waals surface area contributed by atoms with Gasteiger partial charge in [-0.3, -0.25) is 4.79 Å². The molecule has 2 unspecified atom stereocenters. The molecule has 0 fully saturated rings. The highest BCUT2D eigenvalue weighted by Gasteiger charge is 2.28. The number of hydrogen-bond acceptors (Lipinski definition) is 3. The molecule has 0 radical (unpaired) electrons. The van der Waals surface area contributed by atoms with E-state index in [9.17, 15) is 22.8 Å². The van der Waals surface area contributed by atoms with Gasteiger partial charge < -0.3 is 20.3 Å². The Bertz CT molecular complexity index is 572. The maximum absolute atomic E-state index is 12.3. The van der Waals surface area contributed by atoms with Crippen LogP contribution in [0.2, 0.25) is 0 Å². The highest BCUT2D eigenvalue weighted by atomic mass is 19.4. The fourth-order valence-corrected chi connectivity index (χ4v) is 1.62. The van der Waals surface area contributed by atoms with Crippen molar-refractivity contribution in [1.29, 1.82) is 0 Å². The van der Waals surface area contributed by atoms with Gasteiger partial charge in [0.05, 0.1) is 0 Å². The molecule has 0 bridgehead atoms. The van der Waals surface area contributed by atoms with E-state index in [1.54, 1.807) is 13.8 Å². The summed E-state index contributed by atoms with van der Waals surface area (Å²) in [6, 6.07) is 1.36. The van der Waals surface area contributed by atoms with Gasteiger partial charge in [-0.25, -0.2) is 4.79 Å². The zero-order valence-corrected chi connectivity index (χ0v) is 12.1. The molecular formula is C13H18F3N3O3. The lowest BCUT2D eigenvalue weighted by molar-refractivity contribution is -0.141. The molecule has 1 heterocycles. The van der Waals surface area contributed by atoms with E-state index in [4.69, 9.17) is 5.11 Å². The van der Waals surface area contributed by atoms with Crippen LogP contribution in [0.15, 0.2) is 23.1 Å². The number of hydrogen-bond donors (Lipinski definition) is 3. The minimum Gasteiger partial charge on any atom is -0.396 e. The van der Waals surface area contributed by atoms with E-state index in [0.29, 0.717) is 4.57 Å². The van der Waals surface area contributed by atoms with Crippen molar-refractivity contribution >= 4 is 11.7 Å². The van der Waals surface area contributed by atoms with Crippen LogP contribution in [0.5, 0.6) is 0 Å². The van der Waals surface area contributed by atoms with Crippen LogP contribution < -0.4 is 16.2 Å². The molecule has 0 aliphatic heterocycles. The summed E-state index contributed by atoms with van der Waals surface area (Å²) in [5.74, 6) is -0.205. The maximum atomic E-state index is 12.3. The molecule has 0 saturated carbocycles. The summed E-state index contributed by atoms with van der Waals surface area (Å²) < 4.78 is 37.5. The van der Waals surface area contributed by atoms with Crippen molar-refractivity contribution in [3.05, 3.63) is 28.7 Å². The number of carbonyl (C=O) groups is 1. The van der Waals surface area contributed by atoms with Gasteiger partial charge in [-0.15, -0.1) is 0 Å². The first-order valence-corrected chi connectivity index (χ1v) is 6.58. The Labute approximate surface area is 124 Å². The molecule has 3 N–H and O–H groups in total. The molecule has 1 rings (SSSR count). The van der Waals surface area contributed by atoms with Crippen molar-refractivity contribution in [2.24, 2.45) is 5.92 Å². The Morgan fingerprint density at radius 1 is 1.41 bits per heavy atom. The number of urea groups is 1. The normalized spacial score (nSPS) is 14.3. The zero-order valence-electron chi connectivity index (χ0n) is 12.1. The van der Waals surface area contributed by atoms with E-state index < -0.39 is 24.3 Å². The van der Waals surface area contributed by atoms with Gasteiger partial charge in [0.1, 0.15) is 12.2 Å². The molecule has 124 valence electrons. The molecular weight excluding hydrogens is 303 g/mol. The number of nitrogens with zero attached hydrogens (tertiary/aromatic N) is 1. The predicted octanol–water partition coefficient (Wildman–Crippen LogP) is 1.55. The number of aliphatic hydroxyl groups excluding tert-OH is 1. The van der Waals surface area contributed by atoms with E-state index in [1.165, 1.54) is 12.1 Å². The fourth-order valence-electron chi connectivity index (χ4n) is 1.62. The van der Waals surface area contributed by atoms with E-state index in [1.807, 2.05) is 0 Å². The Morgan fingerprint density at radius 2 is 2.05 bits per heavy atom. The van der Waals surface area contributed by atoms with Crippen molar-refractivity contribution in [3.63, 3.8) is 0 Å². The molecule has 0 aromatic carbocycles. The summed E-state index contributed by atoms with van der Waals surface area (Å²) in [5, 5.41) is 13.7. The van der Waals surface area contributed by atoms with E-state index in [0.717, 1.165) is 6.20 Å². The number of rotatable bonds is 5. The van der Waals surface area contributed by atoms with E-state index in [2.05, 4.69) is 10.6 Å². The molecule has 2 atom stereocenters. The molecule has 2 amide bonds. The van der Waals surface area contributed by atoms with Gasteiger partial charge in [-0.05, 0) is 25.0 Å². The Morgan fingerprint density at radius 3 is 2.59 bits per heavy atom. The number of aromatic nitrogens is 1. The lowest BCUT2D eigenvalue weighted by Crippen LogP contribution is -2.42. The van der Waals surface area contributed by atoms with Crippen LogP contribution in [-0.4, -0.2) is 34.5 Å². The predicted molar refractivity (Wildman–Crippen MR) is 74.6 cm³/mol. The summed E-state index contributed by atoms with van der Waals surface area (Å²) in [6.45, 7) is 1.81. The Balaban J connectivity index is 2.80. The van der Waals surface area contributed by atoms with Gasteiger partial charge in [-0.1, -0.05) is 6.92 Å². The first-order chi connectivity index (χ1) is 10.1. The van der Waals surface area contributed by atoms with Crippen LogP contribution in [-0.2, 0) is 6.54 Å². The number of alkyl halides is 3. The Hall–Kier alpha value is -2.03. The molecule has 0 saturated heterocycles. The highest BCUT2D eigenvalue weighted by Crippen LogP contribution is 2.16. The summed E-state index contributed by atoms with van der Waals surface area (Å²) >= 11 is 0. The van der Waals surface area contributed by atoms with Crippen LogP contribution in [0.3, 0.4) is 0 Å². The average Bonchev–Trinajstić information content (AvgIpc) is 2.40. The third-order valence-electron chi connectivity index (χ3n) is 3.12. The smallest absolute Gasteiger partial charge is 0.396 e. The monoisotopic (exact) mass is 321 g/mol. The van der Waals surface area contributed by atoms with Gasteiger partial charge >= 0.3 is 12.2 Å². The zero-order chi connectivity index (χ0) is 16.9. The average molecular weight is 321 g/mol. The van der Waals surface area contributed by atoms with Crippen LogP contribution in [0.25, 0.3) is 0 Å². The number of halogens is 3. The molecule has 22 heavy (non-hydrogen) atoms. The molecule has 0 spiro atoms. The van der Waals surface area contributed by atoms with Gasteiger partial charge in [-0.2, -0.15) is 13.2 Å².